The predicted octanol–water partition coefficient (Wildman–Crippen LogP) is -5.66. The van der Waals surface area contributed by atoms with Crippen LogP contribution < -0.4 is 63.8 Å². The van der Waals surface area contributed by atoms with Crippen LogP contribution in [0.5, 0.6) is 0 Å². The van der Waals surface area contributed by atoms with Crippen molar-refractivity contribution in [3.8, 4) is 0 Å². The number of amides is 12. The highest BCUT2D eigenvalue weighted by atomic mass is 16.7. The summed E-state index contributed by atoms with van der Waals surface area (Å²) in [5.74, 6) is -13.3. The number of Topliss-reactive ketones (excluding diaryl/α,β-unsaturated/α-hetero) is 1. The third-order valence-electron chi connectivity index (χ3n) is 13.6. The third kappa shape index (κ3) is 44.1. The summed E-state index contributed by atoms with van der Waals surface area (Å²) in [6, 6.07) is -7.10. The van der Waals surface area contributed by atoms with Gasteiger partial charge in [0.15, 0.2) is 5.78 Å². The number of hydrogen-bond acceptors (Lipinski definition) is 29. The summed E-state index contributed by atoms with van der Waals surface area (Å²) in [7, 11) is 0. The van der Waals surface area contributed by atoms with Crippen molar-refractivity contribution in [3.63, 3.8) is 0 Å². The molecule has 0 aliphatic carbocycles. The van der Waals surface area contributed by atoms with Crippen LogP contribution in [-0.2, 0) is 139 Å². The van der Waals surface area contributed by atoms with Crippen molar-refractivity contribution in [2.45, 2.75) is 224 Å². The van der Waals surface area contributed by atoms with Gasteiger partial charge in [-0.3, -0.25) is 62.3 Å². The molecular weight excluding hydrogens is 1440 g/mol. The minimum atomic E-state index is -1.85. The molecule has 0 fully saturated rings. The smallest absolute Gasteiger partial charge is 0.246 e. The van der Waals surface area contributed by atoms with Crippen LogP contribution in [0, 0.1) is 0 Å². The van der Waals surface area contributed by atoms with Gasteiger partial charge in [-0.2, -0.15) is 0 Å². The van der Waals surface area contributed by atoms with E-state index in [4.69, 9.17) is 52.2 Å². The van der Waals surface area contributed by atoms with Gasteiger partial charge in [0.05, 0.1) is 96.4 Å². The Balaban J connectivity index is 7.29. The molecule has 0 aromatic heterocycles. The van der Waals surface area contributed by atoms with Gasteiger partial charge in [-0.25, -0.2) is 0 Å². The van der Waals surface area contributed by atoms with E-state index in [1.165, 1.54) is 76.2 Å². The Labute approximate surface area is 635 Å². The highest BCUT2D eigenvalue weighted by Gasteiger charge is 2.36. The molecule has 0 bridgehead atoms. The first-order valence-electron chi connectivity index (χ1n) is 36.6. The second kappa shape index (κ2) is 46.8. The van der Waals surface area contributed by atoms with E-state index in [1.54, 1.807) is 0 Å². The predicted molar refractivity (Wildman–Crippen MR) is 373 cm³/mol. The lowest BCUT2D eigenvalue weighted by Gasteiger charge is -2.27. The van der Waals surface area contributed by atoms with Gasteiger partial charge >= 0.3 is 0 Å². The van der Waals surface area contributed by atoms with E-state index in [0.29, 0.717) is 0 Å². The molecule has 12 N–H and O–H groups in total. The summed E-state index contributed by atoms with van der Waals surface area (Å²) in [5.41, 5.74) is -14.0. The van der Waals surface area contributed by atoms with Crippen molar-refractivity contribution in [3.05, 3.63) is 0 Å². The SMILES string of the molecule is [2H]C(=O)C(C)(C)NC(=O)CC(NC(=O)COCOCC(COCC(COCOCC(=O)NC(CC(=O)NC(C)(C)C(C)=O)C(=O)NC(C)(C)C([2H])=O)OCOCC(=O)NC(CC(=O)NC(C)(C)C([2H])=O)C(=O)NC(C)(C)C([2H])=O)OCOCC(=O)NC(CC(=O)NC(C)(C)C([2H])=O)C(=O)NC(C)(C)C([2H])=O)C(=O)NC(C)(C)C([2H])=O. The van der Waals surface area contributed by atoms with Gasteiger partial charge in [-0.05, 0) is 118 Å². The minimum Gasteiger partial charge on any atom is -0.376 e. The number of nitrogens with one attached hydrogen (secondary N) is 12. The summed E-state index contributed by atoms with van der Waals surface area (Å²) >= 11 is 0. The van der Waals surface area contributed by atoms with E-state index < -0.39 is 307 Å². The summed E-state index contributed by atoms with van der Waals surface area (Å²) in [5, 5.41) is 27.0. The van der Waals surface area contributed by atoms with E-state index in [2.05, 4.69) is 63.8 Å². The molecule has 41 heteroatoms. The first-order chi connectivity index (χ1) is 52.5. The van der Waals surface area contributed by atoms with Crippen molar-refractivity contribution < 1.29 is 148 Å². The van der Waals surface area contributed by atoms with Gasteiger partial charge in [0.25, 0.3) is 0 Å². The summed E-state index contributed by atoms with van der Waals surface area (Å²) in [6.07, 6.45) is -14.8. The van der Waals surface area contributed by atoms with E-state index in [1.807, 2.05) is 0 Å². The van der Waals surface area contributed by atoms with E-state index >= 15 is 0 Å². The molecule has 0 aliphatic rings. The van der Waals surface area contributed by atoms with Crippen LogP contribution >= 0.6 is 0 Å². The zero-order valence-electron chi connectivity index (χ0n) is 70.6. The molecule has 0 aliphatic heterocycles. The quantitative estimate of drug-likeness (QED) is 0.0153. The number of carbonyl (C=O) groups excluding carboxylic acids is 20. The molecule has 108 heavy (non-hydrogen) atoms. The monoisotopic (exact) mass is 1550 g/mol. The molecule has 0 spiro atoms. The van der Waals surface area contributed by atoms with Gasteiger partial charge in [-0.15, -0.1) is 0 Å². The summed E-state index contributed by atoms with van der Waals surface area (Å²) < 4.78 is 102. The third-order valence-corrected chi connectivity index (χ3v) is 13.6. The lowest BCUT2D eigenvalue weighted by atomic mass is 9.99. The van der Waals surface area contributed by atoms with Crippen molar-refractivity contribution in [1.29, 1.82) is 0 Å². The number of rotatable bonds is 58. The maximum Gasteiger partial charge on any atom is 0.246 e. The Bertz CT molecular complexity index is 3320. The molecule has 0 saturated heterocycles. The van der Waals surface area contributed by atoms with Crippen molar-refractivity contribution in [1.82, 2.24) is 63.8 Å². The van der Waals surface area contributed by atoms with Crippen molar-refractivity contribution >= 4 is 121 Å². The normalized spacial score (nSPS) is 14.7. The van der Waals surface area contributed by atoms with Crippen LogP contribution in [0.4, 0.5) is 0 Å². The molecule has 6 atom stereocenters. The van der Waals surface area contributed by atoms with E-state index in [0.717, 1.165) is 41.5 Å². The topological polar surface area (TPSA) is 569 Å². The zero-order chi connectivity index (χ0) is 89.2. The van der Waals surface area contributed by atoms with Gasteiger partial charge in [-0.1, -0.05) is 0 Å². The fraction of sp³-hybridized carbons (Fsp3) is 0.701. The van der Waals surface area contributed by atoms with E-state index in [9.17, 15) is 95.9 Å². The lowest BCUT2D eigenvalue weighted by molar-refractivity contribution is -0.173. The largest absolute Gasteiger partial charge is 0.376 e. The maximum absolute atomic E-state index is 13.4. The Morgan fingerprint density at radius 3 is 0.713 bits per heavy atom. The fourth-order valence-electron chi connectivity index (χ4n) is 7.89. The first-order valence-corrected chi connectivity index (χ1v) is 33.1. The number of ether oxygens (including phenoxy) is 9. The van der Waals surface area contributed by atoms with Crippen LogP contribution in [0.15, 0.2) is 0 Å². The molecule has 12 amide bonds. The molecule has 41 nitrogen and oxygen atoms in total. The first kappa shape index (κ1) is 85.9. The van der Waals surface area contributed by atoms with E-state index in [-0.39, 0.29) is 0 Å². The van der Waals surface area contributed by atoms with Crippen LogP contribution in [0.25, 0.3) is 0 Å². The van der Waals surface area contributed by atoms with Gasteiger partial charge < -0.3 is 140 Å². The zero-order valence-corrected chi connectivity index (χ0v) is 63.6. The molecule has 0 aromatic rings. The minimum absolute atomic E-state index is 0.471. The molecule has 0 saturated carbocycles. The standard InChI is InChI=1S/C67H108N12O29/c1-41(87)67(16,17)75-51(91)21-47(59(99)79-66(14,15)36-86)71-53(93)27-104-38-102-25-43(108-40-106-29-55(95)70-46(58(98)78-65(12,13)35-85)20-50(90)74-62(6,7)32-82)23-100-22-42(107-39-105-28-54(94)69-45(57(97)77-64(10,11)34-84)19-49(89)73-61(4,5)31-81)24-101-37-103-26-52(92)68-44(56(96)76-63(8,9)33-83)18-48(88)72-60(2,3)30-80/h30-36,42-47H,18-29,37-40H2,1-17H3,(H,68,92)(H,69,94)(H,70,95)(H,71,93)(H,72,88)(H,73,89)(H,74,90)(H,75,91)(H,76,96)(H,77,97)(H,78,98)(H,79,99)/i30D,31D,32D,33D,34D,35D,36D. The second-order valence-electron chi connectivity index (χ2n) is 28.4. The molecule has 0 radical (unpaired) electrons. The van der Waals surface area contributed by atoms with Crippen molar-refractivity contribution in [2.75, 3.05) is 80.0 Å². The highest BCUT2D eigenvalue weighted by Crippen LogP contribution is 2.11. The number of carbonyl (C=O) groups is 20. The van der Waals surface area contributed by atoms with Crippen LogP contribution in [0.2, 0.25) is 0 Å². The Hall–Kier alpha value is -9.36. The van der Waals surface area contributed by atoms with Gasteiger partial charge in [0, 0.05) is 0 Å². The molecule has 0 heterocycles. The van der Waals surface area contributed by atoms with Gasteiger partial charge in [0.2, 0.25) is 70.9 Å². The van der Waals surface area contributed by atoms with Crippen LogP contribution in [0.3, 0.4) is 0 Å². The Morgan fingerprint density at radius 1 is 0.287 bits per heavy atom. The molecule has 6 unspecified atom stereocenters. The van der Waals surface area contributed by atoms with Crippen LogP contribution in [-0.4, -0.2) is 281 Å². The summed E-state index contributed by atoms with van der Waals surface area (Å²) in [6.45, 7) is 11.1. The second-order valence-corrected chi connectivity index (χ2v) is 28.4. The maximum atomic E-state index is 13.4. The molecular formula is C67H108N12O29. The van der Waals surface area contributed by atoms with Crippen molar-refractivity contribution in [2.24, 2.45) is 0 Å². The number of ketones is 1. The molecule has 610 valence electrons. The Kier molecular flexibility index (Phi) is 37.2. The number of hydrogen-bond donors (Lipinski definition) is 12. The number of aldehydes is 7. The average Bonchev–Trinajstić information content (AvgIpc) is 0.858. The highest BCUT2D eigenvalue weighted by molar-refractivity contribution is 5.98. The molecule has 0 aromatic carbocycles. The molecule has 0 rings (SSSR count). The average molecular weight is 1550 g/mol. The van der Waals surface area contributed by atoms with Gasteiger partial charge in [0.1, 0.15) is 143 Å². The lowest BCUT2D eigenvalue weighted by Crippen LogP contribution is -2.57. The Morgan fingerprint density at radius 2 is 0.491 bits per heavy atom. The van der Waals surface area contributed by atoms with Crippen LogP contribution in [0.1, 0.15) is 153 Å². The summed E-state index contributed by atoms with van der Waals surface area (Å²) in [4.78, 5) is 254. The fourth-order valence-corrected chi connectivity index (χ4v) is 7.89.